The van der Waals surface area contributed by atoms with Gasteiger partial charge in [0.1, 0.15) is 11.4 Å². The van der Waals surface area contributed by atoms with Gasteiger partial charge in [0, 0.05) is 41.3 Å². The molecule has 0 aliphatic carbocycles. The van der Waals surface area contributed by atoms with Gasteiger partial charge in [0.05, 0.1) is 11.9 Å². The number of imidazole rings is 1. The molecule has 0 saturated carbocycles. The van der Waals surface area contributed by atoms with Crippen LogP contribution in [0.1, 0.15) is 25.0 Å². The Morgan fingerprint density at radius 2 is 2.15 bits per heavy atom. The fourth-order valence-electron chi connectivity index (χ4n) is 2.86. The number of pyridine rings is 2. The lowest BCUT2D eigenvalue weighted by Crippen LogP contribution is -2.04. The normalized spacial score (nSPS) is 13.4. The quantitative estimate of drug-likeness (QED) is 0.490. The van der Waals surface area contributed by atoms with Crippen LogP contribution in [0.5, 0.6) is 0 Å². The Morgan fingerprint density at radius 3 is 2.78 bits per heavy atom. The molecule has 3 N–H and O–H groups in total. The van der Waals surface area contributed by atoms with Crippen molar-refractivity contribution in [3.63, 3.8) is 0 Å². The molecular weight excluding hydrogens is 360 g/mol. The molecule has 0 bridgehead atoms. The number of aromatic nitrogens is 3. The monoisotopic (exact) mass is 380 g/mol. The SMILES string of the molecule is C\C=C(O)/C=C\C(=C(/C)Cl)c1cn2c(-c3cccnc3)cnc2cc1CN. The van der Waals surface area contributed by atoms with E-state index >= 15 is 0 Å². The molecule has 0 amide bonds. The smallest absolute Gasteiger partial charge is 0.137 e. The molecule has 6 heteroatoms. The largest absolute Gasteiger partial charge is 0.508 e. The molecule has 138 valence electrons. The Hall–Kier alpha value is -2.89. The summed E-state index contributed by atoms with van der Waals surface area (Å²) in [5, 5.41) is 10.4. The minimum atomic E-state index is 0.166. The van der Waals surface area contributed by atoms with Crippen LogP contribution < -0.4 is 5.73 Å². The van der Waals surface area contributed by atoms with Gasteiger partial charge in [-0.25, -0.2) is 4.98 Å². The molecule has 0 saturated heterocycles. The van der Waals surface area contributed by atoms with Gasteiger partial charge in [-0.05, 0) is 61.4 Å². The number of allylic oxidation sites excluding steroid dienone is 5. The topological polar surface area (TPSA) is 76.4 Å². The van der Waals surface area contributed by atoms with E-state index in [1.54, 1.807) is 37.5 Å². The summed E-state index contributed by atoms with van der Waals surface area (Å²) in [7, 11) is 0. The van der Waals surface area contributed by atoms with Crippen LogP contribution in [0.4, 0.5) is 0 Å². The van der Waals surface area contributed by atoms with E-state index in [1.807, 2.05) is 41.9 Å². The Morgan fingerprint density at radius 1 is 1.33 bits per heavy atom. The maximum absolute atomic E-state index is 9.76. The molecule has 0 aliphatic rings. The van der Waals surface area contributed by atoms with Gasteiger partial charge in [-0.15, -0.1) is 0 Å². The van der Waals surface area contributed by atoms with E-state index < -0.39 is 0 Å². The van der Waals surface area contributed by atoms with Gasteiger partial charge in [0.15, 0.2) is 0 Å². The average molecular weight is 381 g/mol. The second-order valence-electron chi connectivity index (χ2n) is 6.02. The fourth-order valence-corrected chi connectivity index (χ4v) is 3.02. The van der Waals surface area contributed by atoms with E-state index in [1.165, 1.54) is 0 Å². The van der Waals surface area contributed by atoms with Gasteiger partial charge in [-0.2, -0.15) is 0 Å². The predicted octanol–water partition coefficient (Wildman–Crippen LogP) is 4.84. The molecular formula is C21H21ClN4O. The number of rotatable bonds is 5. The highest BCUT2D eigenvalue weighted by atomic mass is 35.5. The number of hydrogen-bond acceptors (Lipinski definition) is 4. The predicted molar refractivity (Wildman–Crippen MR) is 110 cm³/mol. The van der Waals surface area contributed by atoms with E-state index in [4.69, 9.17) is 17.3 Å². The van der Waals surface area contributed by atoms with Crippen molar-refractivity contribution in [2.24, 2.45) is 5.73 Å². The Labute approximate surface area is 163 Å². The van der Waals surface area contributed by atoms with Crippen LogP contribution in [-0.2, 0) is 6.54 Å². The molecule has 0 radical (unpaired) electrons. The first-order chi connectivity index (χ1) is 13.0. The number of aliphatic hydroxyl groups excluding tert-OH is 1. The molecule has 3 aromatic heterocycles. The Bertz CT molecular complexity index is 1040. The molecule has 0 fully saturated rings. The fraction of sp³-hybridized carbons (Fsp3) is 0.143. The zero-order valence-corrected chi connectivity index (χ0v) is 16.0. The van der Waals surface area contributed by atoms with Gasteiger partial charge in [0.25, 0.3) is 0 Å². The first-order valence-corrected chi connectivity index (χ1v) is 8.93. The molecule has 0 spiro atoms. The van der Waals surface area contributed by atoms with Gasteiger partial charge in [-0.1, -0.05) is 11.6 Å². The highest BCUT2D eigenvalue weighted by molar-refractivity contribution is 6.32. The standard InChI is InChI=1S/C21H21ClN4O/c1-3-17(27)6-7-18(14(2)22)19-13-26-20(15-5-4-8-24-11-15)12-25-21(26)9-16(19)10-23/h3-9,11-13,27H,10,23H2,1-2H3/b7-6-,17-3+,18-14-. The van der Waals surface area contributed by atoms with Crippen LogP contribution in [-0.4, -0.2) is 19.5 Å². The summed E-state index contributed by atoms with van der Waals surface area (Å²) in [6.45, 7) is 3.92. The molecule has 5 nitrogen and oxygen atoms in total. The van der Waals surface area contributed by atoms with Crippen molar-refractivity contribution in [2.75, 3.05) is 0 Å². The summed E-state index contributed by atoms with van der Waals surface area (Å²) in [5.74, 6) is 0.166. The maximum Gasteiger partial charge on any atom is 0.137 e. The van der Waals surface area contributed by atoms with Gasteiger partial charge >= 0.3 is 0 Å². The highest BCUT2D eigenvalue weighted by Gasteiger charge is 2.13. The third kappa shape index (κ3) is 3.94. The van der Waals surface area contributed by atoms with Crippen LogP contribution >= 0.6 is 11.6 Å². The lowest BCUT2D eigenvalue weighted by atomic mass is 10.0. The first-order valence-electron chi connectivity index (χ1n) is 8.55. The highest BCUT2D eigenvalue weighted by Crippen LogP contribution is 2.29. The third-order valence-electron chi connectivity index (χ3n) is 4.29. The molecule has 3 aromatic rings. The number of nitrogens with two attached hydrogens (primary N) is 1. The Kier molecular flexibility index (Phi) is 5.74. The molecule has 0 aromatic carbocycles. The van der Waals surface area contributed by atoms with Crippen LogP contribution in [0.3, 0.4) is 0 Å². The zero-order chi connectivity index (χ0) is 19.4. The number of aliphatic hydroxyl groups is 1. The third-order valence-corrected chi connectivity index (χ3v) is 4.49. The summed E-state index contributed by atoms with van der Waals surface area (Å²) in [5.41, 5.74) is 11.3. The van der Waals surface area contributed by atoms with Crippen LogP contribution in [0, 0.1) is 0 Å². The minimum Gasteiger partial charge on any atom is -0.508 e. The van der Waals surface area contributed by atoms with Gasteiger partial charge < -0.3 is 10.8 Å². The van der Waals surface area contributed by atoms with Crippen LogP contribution in [0.15, 0.2) is 72.0 Å². The molecule has 27 heavy (non-hydrogen) atoms. The number of hydrogen-bond donors (Lipinski definition) is 2. The van der Waals surface area contributed by atoms with Gasteiger partial charge in [-0.3, -0.25) is 9.38 Å². The summed E-state index contributed by atoms with van der Waals surface area (Å²) < 4.78 is 1.99. The Balaban J connectivity index is 2.22. The summed E-state index contributed by atoms with van der Waals surface area (Å²) in [6.07, 6.45) is 12.3. The number of halogens is 1. The molecule has 0 aliphatic heterocycles. The number of fused-ring (bicyclic) bond motifs is 1. The van der Waals surface area contributed by atoms with Gasteiger partial charge in [0.2, 0.25) is 0 Å². The lowest BCUT2D eigenvalue weighted by molar-refractivity contribution is 0.431. The minimum absolute atomic E-state index is 0.166. The van der Waals surface area contributed by atoms with Crippen molar-refractivity contribution < 1.29 is 5.11 Å². The van der Waals surface area contributed by atoms with Crippen molar-refractivity contribution in [3.8, 4) is 11.3 Å². The van der Waals surface area contributed by atoms with Crippen molar-refractivity contribution >= 4 is 22.8 Å². The lowest BCUT2D eigenvalue weighted by Gasteiger charge is -2.13. The van der Waals surface area contributed by atoms with E-state index in [0.29, 0.717) is 11.6 Å². The van der Waals surface area contributed by atoms with Crippen molar-refractivity contribution in [1.82, 2.24) is 14.4 Å². The van der Waals surface area contributed by atoms with E-state index in [9.17, 15) is 5.11 Å². The van der Waals surface area contributed by atoms with Crippen molar-refractivity contribution in [3.05, 3.63) is 83.1 Å². The molecule has 0 atom stereocenters. The second-order valence-corrected chi connectivity index (χ2v) is 6.59. The van der Waals surface area contributed by atoms with E-state index in [-0.39, 0.29) is 5.76 Å². The number of nitrogens with zero attached hydrogens (tertiary/aromatic N) is 3. The molecule has 3 rings (SSSR count). The summed E-state index contributed by atoms with van der Waals surface area (Å²) in [4.78, 5) is 8.69. The maximum atomic E-state index is 9.76. The summed E-state index contributed by atoms with van der Waals surface area (Å²) in [6, 6.07) is 5.83. The average Bonchev–Trinajstić information content (AvgIpc) is 3.10. The van der Waals surface area contributed by atoms with E-state index in [2.05, 4.69) is 9.97 Å². The van der Waals surface area contributed by atoms with E-state index in [0.717, 1.165) is 33.6 Å². The first kappa shape index (κ1) is 18.9. The molecule has 0 unspecified atom stereocenters. The van der Waals surface area contributed by atoms with Crippen LogP contribution in [0.2, 0.25) is 0 Å². The van der Waals surface area contributed by atoms with Crippen molar-refractivity contribution in [1.29, 1.82) is 0 Å². The van der Waals surface area contributed by atoms with Crippen LogP contribution in [0.25, 0.3) is 22.5 Å². The zero-order valence-electron chi connectivity index (χ0n) is 15.2. The summed E-state index contributed by atoms with van der Waals surface area (Å²) >= 11 is 6.37. The molecule has 3 heterocycles. The second kappa shape index (κ2) is 8.20. The van der Waals surface area contributed by atoms with Crippen molar-refractivity contribution in [2.45, 2.75) is 20.4 Å².